The molecule has 0 atom stereocenters. The van der Waals surface area contributed by atoms with Crippen LogP contribution in [0.3, 0.4) is 0 Å². The first-order valence-electron chi connectivity index (χ1n) is 21.0. The van der Waals surface area contributed by atoms with Crippen LogP contribution in [0.4, 0.5) is 17.1 Å². The van der Waals surface area contributed by atoms with Gasteiger partial charge in [-0.25, -0.2) is 0 Å². The van der Waals surface area contributed by atoms with Crippen LogP contribution in [0.2, 0.25) is 0 Å². The van der Waals surface area contributed by atoms with E-state index in [1.807, 2.05) is 24.3 Å². The van der Waals surface area contributed by atoms with Crippen molar-refractivity contribution in [3.05, 3.63) is 212 Å². The van der Waals surface area contributed by atoms with Gasteiger partial charge in [0, 0.05) is 60.4 Å². The van der Waals surface area contributed by atoms with E-state index >= 15 is 0 Å². The molecule has 4 heteroatoms. The van der Waals surface area contributed by atoms with Crippen LogP contribution in [0.5, 0.6) is 0 Å². The molecule has 0 aliphatic rings. The molecular weight excluding hydrogens is 759 g/mol. The van der Waals surface area contributed by atoms with Gasteiger partial charge in [-0.2, -0.15) is 0 Å². The van der Waals surface area contributed by atoms with Gasteiger partial charge in [-0.1, -0.05) is 146 Å². The highest BCUT2D eigenvalue weighted by Gasteiger charge is 2.20. The molecule has 3 aromatic heterocycles. The van der Waals surface area contributed by atoms with Gasteiger partial charge in [-0.15, -0.1) is 0 Å². The zero-order chi connectivity index (χ0) is 40.7. The SMILES string of the molecule is c1ccc(N(c2ccc(-c3cccc4c3oc3ccccc34)cc2)c2ccc(-c3cccc4c3oc3ccccc34)cc2)c(-c2ccc3oc4cc5ccccc5cc4c3c2)c1. The number of hydrogen-bond donors (Lipinski definition) is 0. The fourth-order valence-corrected chi connectivity index (χ4v) is 9.50. The van der Waals surface area contributed by atoms with Gasteiger partial charge in [0.05, 0.1) is 5.69 Å². The Bertz CT molecular complexity index is 3710. The molecule has 0 spiro atoms. The van der Waals surface area contributed by atoms with E-state index in [4.69, 9.17) is 13.3 Å². The van der Waals surface area contributed by atoms with Crippen molar-refractivity contribution in [3.63, 3.8) is 0 Å². The van der Waals surface area contributed by atoms with Crippen LogP contribution >= 0.6 is 0 Å². The summed E-state index contributed by atoms with van der Waals surface area (Å²) in [5.74, 6) is 0. The fraction of sp³-hybridized carbons (Fsp3) is 0. The minimum atomic E-state index is 0.874. The highest BCUT2D eigenvalue weighted by atomic mass is 16.3. The predicted molar refractivity (Wildman–Crippen MR) is 257 cm³/mol. The van der Waals surface area contributed by atoms with Crippen molar-refractivity contribution in [1.82, 2.24) is 0 Å². The lowest BCUT2D eigenvalue weighted by Gasteiger charge is -2.28. The van der Waals surface area contributed by atoms with Gasteiger partial charge >= 0.3 is 0 Å². The summed E-state index contributed by atoms with van der Waals surface area (Å²) in [7, 11) is 0. The Morgan fingerprint density at radius 3 is 1.37 bits per heavy atom. The molecule has 0 aliphatic heterocycles. The summed E-state index contributed by atoms with van der Waals surface area (Å²) >= 11 is 0. The van der Waals surface area contributed by atoms with E-state index in [9.17, 15) is 0 Å². The minimum absolute atomic E-state index is 0.874. The zero-order valence-corrected chi connectivity index (χ0v) is 33.4. The molecule has 0 amide bonds. The number of nitrogens with zero attached hydrogens (tertiary/aromatic N) is 1. The Hall–Kier alpha value is -8.34. The molecule has 0 aliphatic carbocycles. The molecule has 13 aromatic rings. The molecule has 4 nitrogen and oxygen atoms in total. The number of fused-ring (bicyclic) bond motifs is 10. The Kier molecular flexibility index (Phi) is 7.57. The van der Waals surface area contributed by atoms with Crippen molar-refractivity contribution >= 4 is 93.7 Å². The zero-order valence-electron chi connectivity index (χ0n) is 33.4. The molecule has 0 fully saturated rings. The topological polar surface area (TPSA) is 42.7 Å². The summed E-state index contributed by atoms with van der Waals surface area (Å²) < 4.78 is 19.3. The van der Waals surface area contributed by atoms with Crippen LogP contribution in [-0.4, -0.2) is 0 Å². The summed E-state index contributed by atoms with van der Waals surface area (Å²) in [4.78, 5) is 2.36. The number of para-hydroxylation sites is 5. The van der Waals surface area contributed by atoms with E-state index in [0.29, 0.717) is 0 Å². The molecule has 0 N–H and O–H groups in total. The van der Waals surface area contributed by atoms with Gasteiger partial charge in [0.25, 0.3) is 0 Å². The number of furan rings is 3. The second-order valence-electron chi connectivity index (χ2n) is 16.0. The second kappa shape index (κ2) is 13.6. The molecule has 62 heavy (non-hydrogen) atoms. The molecule has 10 aromatic carbocycles. The second-order valence-corrected chi connectivity index (χ2v) is 16.0. The van der Waals surface area contributed by atoms with Gasteiger partial charge in [-0.3, -0.25) is 0 Å². The monoisotopic (exact) mass is 793 g/mol. The molecule has 3 heterocycles. The number of rotatable bonds is 6. The number of benzene rings is 10. The molecule has 0 saturated heterocycles. The summed E-state index contributed by atoms with van der Waals surface area (Å²) in [6, 6.07) is 75.1. The van der Waals surface area contributed by atoms with E-state index in [0.717, 1.165) is 116 Å². The van der Waals surface area contributed by atoms with Crippen molar-refractivity contribution in [2.45, 2.75) is 0 Å². The molecule has 13 rings (SSSR count). The average Bonchev–Trinajstić information content (AvgIpc) is 4.02. The molecule has 0 radical (unpaired) electrons. The van der Waals surface area contributed by atoms with Crippen LogP contribution < -0.4 is 4.90 Å². The minimum Gasteiger partial charge on any atom is -0.456 e. The van der Waals surface area contributed by atoms with Crippen LogP contribution in [0.1, 0.15) is 0 Å². The lowest BCUT2D eigenvalue weighted by atomic mass is 9.98. The van der Waals surface area contributed by atoms with Crippen molar-refractivity contribution < 1.29 is 13.3 Å². The van der Waals surface area contributed by atoms with Crippen molar-refractivity contribution in [3.8, 4) is 33.4 Å². The van der Waals surface area contributed by atoms with Gasteiger partial charge in [0.1, 0.15) is 33.5 Å². The molecule has 290 valence electrons. The van der Waals surface area contributed by atoms with Gasteiger partial charge in [-0.05, 0) is 94.2 Å². The number of hydrogen-bond acceptors (Lipinski definition) is 4. The first-order valence-corrected chi connectivity index (χ1v) is 21.0. The Morgan fingerprint density at radius 2 is 0.742 bits per heavy atom. The van der Waals surface area contributed by atoms with Gasteiger partial charge < -0.3 is 18.2 Å². The first kappa shape index (κ1) is 34.5. The number of anilines is 3. The molecular formula is C58H35NO3. The first-order chi connectivity index (χ1) is 30.7. The van der Waals surface area contributed by atoms with Gasteiger partial charge in [0.2, 0.25) is 0 Å². The van der Waals surface area contributed by atoms with E-state index in [-0.39, 0.29) is 0 Å². The van der Waals surface area contributed by atoms with Crippen molar-refractivity contribution in [2.75, 3.05) is 4.90 Å². The van der Waals surface area contributed by atoms with Crippen LogP contribution in [-0.2, 0) is 0 Å². The van der Waals surface area contributed by atoms with E-state index in [1.165, 1.54) is 10.8 Å². The highest BCUT2D eigenvalue weighted by molar-refractivity contribution is 6.13. The lowest BCUT2D eigenvalue weighted by Crippen LogP contribution is -2.11. The Morgan fingerprint density at radius 1 is 0.274 bits per heavy atom. The quantitative estimate of drug-likeness (QED) is 0.168. The van der Waals surface area contributed by atoms with Gasteiger partial charge in [0.15, 0.2) is 0 Å². The van der Waals surface area contributed by atoms with Crippen LogP contribution in [0.15, 0.2) is 226 Å². The summed E-state index contributed by atoms with van der Waals surface area (Å²) in [5.41, 5.74) is 15.0. The van der Waals surface area contributed by atoms with Crippen molar-refractivity contribution in [1.29, 1.82) is 0 Å². The van der Waals surface area contributed by atoms with E-state index in [2.05, 4.69) is 193 Å². The molecule has 0 bridgehead atoms. The molecule has 0 saturated carbocycles. The van der Waals surface area contributed by atoms with Crippen LogP contribution in [0, 0.1) is 0 Å². The third-order valence-electron chi connectivity index (χ3n) is 12.5. The lowest BCUT2D eigenvalue weighted by molar-refractivity contribution is 0.669. The van der Waals surface area contributed by atoms with Crippen LogP contribution in [0.25, 0.3) is 110 Å². The molecule has 0 unspecified atom stereocenters. The maximum atomic E-state index is 6.46. The van der Waals surface area contributed by atoms with E-state index < -0.39 is 0 Å². The maximum absolute atomic E-state index is 6.46. The Labute approximate surface area is 356 Å². The normalized spacial score (nSPS) is 11.9. The summed E-state index contributed by atoms with van der Waals surface area (Å²) in [5, 5.41) is 9.05. The maximum Gasteiger partial charge on any atom is 0.143 e. The van der Waals surface area contributed by atoms with Crippen molar-refractivity contribution in [2.24, 2.45) is 0 Å². The Balaban J connectivity index is 0.960. The standard InChI is InChI=1S/C58H35NO3/c1-2-12-39-35-56-51(33-38(39)11-1)50-34-40(27-32-55(50)60-56)43-13-3-6-20-52(43)59(41-28-23-36(24-29-41)44-16-9-18-48-46-14-4-7-21-53(46)61-57(44)48)42-30-25-37(26-31-42)45-17-10-19-49-47-15-5-8-22-54(47)62-58(45)49/h1-35H. The summed E-state index contributed by atoms with van der Waals surface area (Å²) in [6.07, 6.45) is 0. The third kappa shape index (κ3) is 5.40. The fourth-order valence-electron chi connectivity index (χ4n) is 9.50. The predicted octanol–water partition coefficient (Wildman–Crippen LogP) is 17.0. The largest absolute Gasteiger partial charge is 0.456 e. The highest BCUT2D eigenvalue weighted by Crippen LogP contribution is 2.45. The average molecular weight is 794 g/mol. The summed E-state index contributed by atoms with van der Waals surface area (Å²) in [6.45, 7) is 0. The smallest absolute Gasteiger partial charge is 0.143 e. The van der Waals surface area contributed by atoms with E-state index in [1.54, 1.807) is 0 Å². The third-order valence-corrected chi connectivity index (χ3v) is 12.5.